The number of aromatic nitrogens is 4. The first-order valence-electron chi connectivity index (χ1n) is 9.31. The number of halogens is 1. The van der Waals surface area contributed by atoms with E-state index in [0.29, 0.717) is 23.0 Å². The molecule has 0 aliphatic carbocycles. The Morgan fingerprint density at radius 1 is 1.13 bits per heavy atom. The number of oxazole rings is 1. The predicted molar refractivity (Wildman–Crippen MR) is 114 cm³/mol. The fourth-order valence-corrected chi connectivity index (χ4v) is 3.24. The number of aryl methyl sites for hydroxylation is 2. The van der Waals surface area contributed by atoms with Crippen molar-refractivity contribution in [1.29, 1.82) is 0 Å². The van der Waals surface area contributed by atoms with E-state index in [1.54, 1.807) is 18.5 Å². The van der Waals surface area contributed by atoms with Crippen molar-refractivity contribution in [2.24, 2.45) is 0 Å². The lowest BCUT2D eigenvalue weighted by molar-refractivity contribution is 0.0459. The van der Waals surface area contributed by atoms with Gasteiger partial charge in [0.25, 0.3) is 0 Å². The molecule has 30 heavy (non-hydrogen) atoms. The average molecular weight is 467 g/mol. The van der Waals surface area contributed by atoms with Gasteiger partial charge in [-0.15, -0.1) is 5.10 Å². The number of hydrogen-bond donors (Lipinski definition) is 0. The lowest BCUT2D eigenvalue weighted by atomic mass is 10.2. The summed E-state index contributed by atoms with van der Waals surface area (Å²) < 4.78 is 13.8. The molecule has 0 bridgehead atoms. The number of nitrogens with zero attached hydrogens (tertiary/aromatic N) is 4. The molecule has 0 N–H and O–H groups in total. The van der Waals surface area contributed by atoms with Crippen molar-refractivity contribution in [3.63, 3.8) is 0 Å². The van der Waals surface area contributed by atoms with Crippen LogP contribution in [-0.4, -0.2) is 25.9 Å². The smallest absolute Gasteiger partial charge is 0.361 e. The van der Waals surface area contributed by atoms with Gasteiger partial charge in [0.15, 0.2) is 5.69 Å². The van der Waals surface area contributed by atoms with Crippen LogP contribution in [0.4, 0.5) is 0 Å². The standard InChI is InChI=1S/C22H19BrN4O3/c1-13-11-17(9-10-18(13)23)27-14(2)20(25-26-27)22(28)29-12-19-15(3)30-21(24-19)16-7-5-4-6-8-16/h4-11H,12H2,1-3H3. The normalized spacial score (nSPS) is 10.9. The topological polar surface area (TPSA) is 83.0 Å². The number of carbonyl (C=O) groups excluding carboxylic acids is 1. The maximum Gasteiger partial charge on any atom is 0.361 e. The summed E-state index contributed by atoms with van der Waals surface area (Å²) in [7, 11) is 0. The van der Waals surface area contributed by atoms with Crippen molar-refractivity contribution >= 4 is 21.9 Å². The van der Waals surface area contributed by atoms with Gasteiger partial charge < -0.3 is 9.15 Å². The second kappa shape index (κ2) is 8.23. The maximum absolute atomic E-state index is 12.6. The highest BCUT2D eigenvalue weighted by molar-refractivity contribution is 9.10. The molecular formula is C22H19BrN4O3. The van der Waals surface area contributed by atoms with Crippen LogP contribution in [0.15, 0.2) is 57.4 Å². The van der Waals surface area contributed by atoms with E-state index in [0.717, 1.165) is 21.3 Å². The highest BCUT2D eigenvalue weighted by Gasteiger charge is 2.20. The van der Waals surface area contributed by atoms with Gasteiger partial charge in [-0.1, -0.05) is 39.3 Å². The molecule has 8 heteroatoms. The first kappa shape index (κ1) is 20.0. The molecule has 7 nitrogen and oxygen atoms in total. The van der Waals surface area contributed by atoms with E-state index in [-0.39, 0.29) is 12.3 Å². The quantitative estimate of drug-likeness (QED) is 0.386. The van der Waals surface area contributed by atoms with E-state index in [1.807, 2.05) is 55.5 Å². The number of carbonyl (C=O) groups is 1. The Kier molecular flexibility index (Phi) is 5.50. The molecule has 0 amide bonds. The minimum absolute atomic E-state index is 0.00923. The minimum Gasteiger partial charge on any atom is -0.454 e. The number of benzene rings is 2. The summed E-state index contributed by atoms with van der Waals surface area (Å²) >= 11 is 3.48. The van der Waals surface area contributed by atoms with Gasteiger partial charge in [0.1, 0.15) is 18.1 Å². The first-order valence-corrected chi connectivity index (χ1v) is 10.1. The molecule has 0 aliphatic heterocycles. The fourth-order valence-electron chi connectivity index (χ4n) is 2.99. The number of rotatable bonds is 5. The summed E-state index contributed by atoms with van der Waals surface area (Å²) in [6.45, 7) is 5.55. The van der Waals surface area contributed by atoms with E-state index in [9.17, 15) is 4.79 Å². The highest BCUT2D eigenvalue weighted by Crippen LogP contribution is 2.23. The monoisotopic (exact) mass is 466 g/mol. The van der Waals surface area contributed by atoms with Crippen LogP contribution in [0.25, 0.3) is 17.1 Å². The molecule has 2 aromatic heterocycles. The van der Waals surface area contributed by atoms with Gasteiger partial charge in [-0.05, 0) is 56.7 Å². The summed E-state index contributed by atoms with van der Waals surface area (Å²) in [4.78, 5) is 17.0. The summed E-state index contributed by atoms with van der Waals surface area (Å²) in [6.07, 6.45) is 0. The highest BCUT2D eigenvalue weighted by atomic mass is 79.9. The van der Waals surface area contributed by atoms with E-state index in [1.165, 1.54) is 0 Å². The van der Waals surface area contributed by atoms with Crippen molar-refractivity contribution in [2.45, 2.75) is 27.4 Å². The number of esters is 1. The van der Waals surface area contributed by atoms with Gasteiger partial charge in [-0.2, -0.15) is 0 Å². The molecule has 0 radical (unpaired) electrons. The van der Waals surface area contributed by atoms with Crippen LogP contribution in [0, 0.1) is 20.8 Å². The summed E-state index contributed by atoms with van der Waals surface area (Å²) in [6, 6.07) is 15.4. The third-order valence-corrected chi connectivity index (χ3v) is 5.62. The molecule has 152 valence electrons. The minimum atomic E-state index is -0.559. The second-order valence-electron chi connectivity index (χ2n) is 6.83. The lowest BCUT2D eigenvalue weighted by Crippen LogP contribution is -2.09. The Morgan fingerprint density at radius 2 is 1.90 bits per heavy atom. The van der Waals surface area contributed by atoms with Gasteiger partial charge in [0, 0.05) is 10.0 Å². The van der Waals surface area contributed by atoms with E-state index in [4.69, 9.17) is 9.15 Å². The van der Waals surface area contributed by atoms with E-state index < -0.39 is 5.97 Å². The Bertz CT molecular complexity index is 1210. The molecule has 2 aromatic carbocycles. The van der Waals surface area contributed by atoms with Gasteiger partial charge in [-0.3, -0.25) is 0 Å². The zero-order valence-electron chi connectivity index (χ0n) is 16.7. The van der Waals surface area contributed by atoms with Crippen molar-refractivity contribution in [2.75, 3.05) is 0 Å². The largest absolute Gasteiger partial charge is 0.454 e. The van der Waals surface area contributed by atoms with Crippen LogP contribution in [0.1, 0.15) is 33.2 Å². The van der Waals surface area contributed by atoms with Gasteiger partial charge in [-0.25, -0.2) is 14.5 Å². The molecular weight excluding hydrogens is 448 g/mol. The van der Waals surface area contributed by atoms with Gasteiger partial charge >= 0.3 is 5.97 Å². The Balaban J connectivity index is 1.50. The molecule has 0 atom stereocenters. The lowest BCUT2D eigenvalue weighted by Gasteiger charge is -2.06. The first-order chi connectivity index (χ1) is 14.4. The molecule has 4 rings (SSSR count). The van der Waals surface area contributed by atoms with Crippen molar-refractivity contribution in [1.82, 2.24) is 20.0 Å². The predicted octanol–water partition coefficient (Wildman–Crippen LogP) is 4.97. The van der Waals surface area contributed by atoms with Gasteiger partial charge in [0.2, 0.25) is 5.89 Å². The summed E-state index contributed by atoms with van der Waals surface area (Å²) in [5, 5.41) is 8.13. The van der Waals surface area contributed by atoms with Crippen LogP contribution < -0.4 is 0 Å². The summed E-state index contributed by atoms with van der Waals surface area (Å²) in [5.74, 6) is 0.537. The van der Waals surface area contributed by atoms with Crippen LogP contribution in [-0.2, 0) is 11.3 Å². The van der Waals surface area contributed by atoms with Crippen molar-refractivity contribution < 1.29 is 13.9 Å². The molecule has 0 saturated heterocycles. The Labute approximate surface area is 181 Å². The molecule has 0 saturated carbocycles. The third-order valence-electron chi connectivity index (χ3n) is 4.73. The molecule has 0 unspecified atom stereocenters. The number of ether oxygens (including phenoxy) is 1. The van der Waals surface area contributed by atoms with Crippen LogP contribution in [0.3, 0.4) is 0 Å². The zero-order chi connectivity index (χ0) is 21.3. The van der Waals surface area contributed by atoms with Crippen LogP contribution in [0.2, 0.25) is 0 Å². The molecule has 2 heterocycles. The molecule has 4 aromatic rings. The van der Waals surface area contributed by atoms with E-state index in [2.05, 4.69) is 31.2 Å². The molecule has 0 aliphatic rings. The molecule has 0 fully saturated rings. The Hall–Kier alpha value is -3.26. The Morgan fingerprint density at radius 3 is 2.63 bits per heavy atom. The third kappa shape index (κ3) is 3.91. The van der Waals surface area contributed by atoms with Crippen LogP contribution in [0.5, 0.6) is 0 Å². The van der Waals surface area contributed by atoms with Gasteiger partial charge in [0.05, 0.1) is 11.4 Å². The number of hydrogen-bond acceptors (Lipinski definition) is 6. The zero-order valence-corrected chi connectivity index (χ0v) is 18.3. The summed E-state index contributed by atoms with van der Waals surface area (Å²) in [5.41, 5.74) is 4.07. The molecule has 0 spiro atoms. The van der Waals surface area contributed by atoms with Crippen molar-refractivity contribution in [3.8, 4) is 17.1 Å². The average Bonchev–Trinajstić information content (AvgIpc) is 3.31. The van der Waals surface area contributed by atoms with Crippen molar-refractivity contribution in [3.05, 3.63) is 81.4 Å². The second-order valence-corrected chi connectivity index (χ2v) is 7.69. The van der Waals surface area contributed by atoms with E-state index >= 15 is 0 Å². The SMILES string of the molecule is Cc1cc(-n2nnc(C(=O)OCc3nc(-c4ccccc4)oc3C)c2C)ccc1Br. The van der Waals surface area contributed by atoms with Crippen LogP contribution >= 0.6 is 15.9 Å². The fraction of sp³-hybridized carbons (Fsp3) is 0.182. The maximum atomic E-state index is 12.6.